The van der Waals surface area contributed by atoms with Crippen molar-refractivity contribution >= 4 is 0 Å². The smallest absolute Gasteiger partial charge is 0.141 e. The highest BCUT2D eigenvalue weighted by Crippen LogP contribution is 2.33. The molecule has 0 radical (unpaired) electrons. The number of aromatic hydroxyl groups is 1. The molecule has 0 aliphatic rings. The molecule has 0 saturated carbocycles. The highest BCUT2D eigenvalue weighted by molar-refractivity contribution is 5.40. The van der Waals surface area contributed by atoms with Crippen LogP contribution in [0.25, 0.3) is 0 Å². The Morgan fingerprint density at radius 3 is 2.36 bits per heavy atom. The molecule has 194 valence electrons. The molecule has 36 heavy (non-hydrogen) atoms. The fraction of sp³-hybridized carbons (Fsp3) is 0.333. The highest BCUT2D eigenvalue weighted by atomic mass is 16.5. The summed E-state index contributed by atoms with van der Waals surface area (Å²) in [7, 11) is 4.01. The fourth-order valence-electron chi connectivity index (χ4n) is 3.87. The minimum Gasteiger partial charge on any atom is -0.513 e. The molecule has 2 atom stereocenters. The first-order valence-electron chi connectivity index (χ1n) is 12.1. The van der Waals surface area contributed by atoms with Gasteiger partial charge in [0.15, 0.2) is 0 Å². The summed E-state index contributed by atoms with van der Waals surface area (Å²) < 4.78 is 6.49. The van der Waals surface area contributed by atoms with E-state index in [1.807, 2.05) is 63.3 Å². The Labute approximate surface area is 216 Å². The molecule has 0 spiro atoms. The van der Waals surface area contributed by atoms with Crippen LogP contribution in [0.15, 0.2) is 86.1 Å². The number of aryl methyl sites for hydroxylation is 3. The van der Waals surface area contributed by atoms with Gasteiger partial charge >= 0.3 is 0 Å². The Bertz CT molecular complexity index is 1090. The van der Waals surface area contributed by atoms with E-state index in [1.54, 1.807) is 18.3 Å². The van der Waals surface area contributed by atoms with Crippen molar-refractivity contribution in [1.82, 2.24) is 9.80 Å². The van der Waals surface area contributed by atoms with E-state index in [9.17, 15) is 10.2 Å². The lowest BCUT2D eigenvalue weighted by Gasteiger charge is -2.34. The number of aliphatic hydroxyl groups is 1. The molecule has 2 unspecified atom stereocenters. The van der Waals surface area contributed by atoms with Crippen molar-refractivity contribution in [3.05, 3.63) is 108 Å². The van der Waals surface area contributed by atoms with Crippen molar-refractivity contribution in [3.63, 3.8) is 0 Å². The van der Waals surface area contributed by atoms with Crippen LogP contribution in [0.3, 0.4) is 0 Å². The lowest BCUT2D eigenvalue weighted by atomic mass is 9.97. The maximum Gasteiger partial charge on any atom is 0.141 e. The molecule has 0 saturated heterocycles. The summed E-state index contributed by atoms with van der Waals surface area (Å²) in [6.45, 7) is 16.3. The van der Waals surface area contributed by atoms with Crippen molar-refractivity contribution < 1.29 is 14.9 Å². The van der Waals surface area contributed by atoms with Gasteiger partial charge in [-0.2, -0.15) is 0 Å². The number of nitrogens with zero attached hydrogens (tertiary/aromatic N) is 2. The van der Waals surface area contributed by atoms with E-state index < -0.39 is 6.10 Å². The standard InChI is InChI=1S/C30H41N3O3/c1-8-28(36-29-15-13-24(18-22(29)4)12-11-23(5)34)30(25-14-10-21(3)27(35)19-25)33(9-2)20-26(31)16-17-32(6)7/h8-10,13-15,18-20,28,30,34-35H,1-2,5,11-12,16-17,31H2,3-4,6-7H3/b26-20-. The zero-order valence-electron chi connectivity index (χ0n) is 22.1. The molecule has 4 N–H and O–H groups in total. The maximum atomic E-state index is 10.5. The third-order valence-corrected chi connectivity index (χ3v) is 6.02. The molecular formula is C30H41N3O3. The van der Waals surface area contributed by atoms with Gasteiger partial charge in [0.1, 0.15) is 17.6 Å². The zero-order chi connectivity index (χ0) is 26.8. The van der Waals surface area contributed by atoms with Gasteiger partial charge in [-0.3, -0.25) is 0 Å². The lowest BCUT2D eigenvalue weighted by Crippen LogP contribution is -2.33. The predicted molar refractivity (Wildman–Crippen MR) is 149 cm³/mol. The molecule has 0 aliphatic carbocycles. The van der Waals surface area contributed by atoms with E-state index in [0.717, 1.165) is 34.5 Å². The summed E-state index contributed by atoms with van der Waals surface area (Å²) >= 11 is 0. The topological polar surface area (TPSA) is 82.2 Å². The van der Waals surface area contributed by atoms with E-state index in [-0.39, 0.29) is 17.6 Å². The summed E-state index contributed by atoms with van der Waals surface area (Å²) in [6, 6.07) is 11.2. The maximum absolute atomic E-state index is 10.5. The Balaban J connectivity index is 2.44. The molecule has 6 heteroatoms. The molecule has 0 bridgehead atoms. The van der Waals surface area contributed by atoms with Gasteiger partial charge in [-0.25, -0.2) is 0 Å². The van der Waals surface area contributed by atoms with Crippen molar-refractivity contribution in [3.8, 4) is 11.5 Å². The van der Waals surface area contributed by atoms with Crippen molar-refractivity contribution in [2.75, 3.05) is 20.6 Å². The molecule has 2 aromatic carbocycles. The molecule has 0 heterocycles. The van der Waals surface area contributed by atoms with Crippen LogP contribution in [0, 0.1) is 13.8 Å². The van der Waals surface area contributed by atoms with Crippen LogP contribution < -0.4 is 10.5 Å². The van der Waals surface area contributed by atoms with Crippen molar-refractivity contribution in [2.45, 2.75) is 45.3 Å². The SMILES string of the molecule is C=CC(Oc1ccc(CCC(=C)O)cc1C)C(c1ccc(C)c(O)c1)N(C=C)/C=C(\N)CCN(C)C. The number of hydrogen-bond acceptors (Lipinski definition) is 6. The Morgan fingerprint density at radius 1 is 1.08 bits per heavy atom. The molecule has 0 amide bonds. The van der Waals surface area contributed by atoms with E-state index in [0.29, 0.717) is 25.0 Å². The number of nitrogens with two attached hydrogens (primary N) is 1. The zero-order valence-corrected chi connectivity index (χ0v) is 22.1. The molecule has 0 fully saturated rings. The number of rotatable bonds is 14. The number of phenolic OH excluding ortho intramolecular Hbond substituents is 1. The van der Waals surface area contributed by atoms with Gasteiger partial charge in [0.05, 0.1) is 11.8 Å². The Morgan fingerprint density at radius 2 is 1.81 bits per heavy atom. The summed E-state index contributed by atoms with van der Waals surface area (Å²) in [5, 5.41) is 19.9. The van der Waals surface area contributed by atoms with E-state index in [1.165, 1.54) is 0 Å². The van der Waals surface area contributed by atoms with Crippen LogP contribution in [0.4, 0.5) is 0 Å². The third-order valence-electron chi connectivity index (χ3n) is 6.02. The first-order chi connectivity index (χ1) is 17.0. The number of aliphatic hydroxyl groups excluding tert-OH is 1. The highest BCUT2D eigenvalue weighted by Gasteiger charge is 2.28. The van der Waals surface area contributed by atoms with E-state index in [4.69, 9.17) is 10.5 Å². The summed E-state index contributed by atoms with van der Waals surface area (Å²) in [5.41, 5.74) is 10.8. The van der Waals surface area contributed by atoms with Crippen LogP contribution in [-0.2, 0) is 6.42 Å². The second-order valence-electron chi connectivity index (χ2n) is 9.36. The second kappa shape index (κ2) is 13.4. The summed E-state index contributed by atoms with van der Waals surface area (Å²) in [4.78, 5) is 3.99. The first-order valence-corrected chi connectivity index (χ1v) is 12.1. The number of hydrogen-bond donors (Lipinski definition) is 3. The van der Waals surface area contributed by atoms with E-state index >= 15 is 0 Å². The quantitative estimate of drug-likeness (QED) is 0.226. The normalized spacial score (nSPS) is 13.2. The van der Waals surface area contributed by atoms with Gasteiger partial charge in [0.2, 0.25) is 0 Å². The molecule has 6 nitrogen and oxygen atoms in total. The average Bonchev–Trinajstić information content (AvgIpc) is 2.83. The number of ether oxygens (including phenoxy) is 1. The average molecular weight is 492 g/mol. The van der Waals surface area contributed by atoms with Gasteiger partial charge in [0, 0.05) is 31.3 Å². The van der Waals surface area contributed by atoms with Gasteiger partial charge in [-0.05, 0) is 81.0 Å². The number of benzene rings is 2. The Hall–Kier alpha value is -3.64. The third kappa shape index (κ3) is 8.24. The minimum atomic E-state index is -0.482. The lowest BCUT2D eigenvalue weighted by molar-refractivity contribution is 0.153. The fourth-order valence-corrected chi connectivity index (χ4v) is 3.87. The van der Waals surface area contributed by atoms with Crippen LogP contribution >= 0.6 is 0 Å². The second-order valence-corrected chi connectivity index (χ2v) is 9.36. The number of phenols is 1. The van der Waals surface area contributed by atoms with E-state index in [2.05, 4.69) is 30.7 Å². The van der Waals surface area contributed by atoms with Crippen LogP contribution in [0.1, 0.15) is 41.1 Å². The van der Waals surface area contributed by atoms with Crippen LogP contribution in [0.5, 0.6) is 11.5 Å². The van der Waals surface area contributed by atoms with Crippen molar-refractivity contribution in [1.29, 1.82) is 0 Å². The monoisotopic (exact) mass is 491 g/mol. The summed E-state index contributed by atoms with van der Waals surface area (Å²) in [6.07, 6.45) is 6.77. The molecular weight excluding hydrogens is 450 g/mol. The van der Waals surface area contributed by atoms with Crippen LogP contribution in [-0.4, -0.2) is 46.8 Å². The summed E-state index contributed by atoms with van der Waals surface area (Å²) in [5.74, 6) is 1.10. The number of allylic oxidation sites excluding steroid dienone is 1. The van der Waals surface area contributed by atoms with Crippen LogP contribution in [0.2, 0.25) is 0 Å². The first kappa shape index (κ1) is 28.6. The predicted octanol–water partition coefficient (Wildman–Crippen LogP) is 5.89. The molecule has 2 rings (SSSR count). The van der Waals surface area contributed by atoms with Gasteiger partial charge < -0.3 is 30.5 Å². The van der Waals surface area contributed by atoms with Gasteiger partial charge in [0.25, 0.3) is 0 Å². The minimum absolute atomic E-state index is 0.173. The molecule has 0 aromatic heterocycles. The Kier molecular flexibility index (Phi) is 10.7. The molecule has 0 aliphatic heterocycles. The van der Waals surface area contributed by atoms with Crippen molar-refractivity contribution in [2.24, 2.45) is 5.73 Å². The molecule has 2 aromatic rings. The largest absolute Gasteiger partial charge is 0.513 e. The van der Waals surface area contributed by atoms with Gasteiger partial charge in [-0.15, -0.1) is 0 Å². The van der Waals surface area contributed by atoms with Gasteiger partial charge in [-0.1, -0.05) is 44.0 Å².